The van der Waals surface area contributed by atoms with Crippen molar-refractivity contribution < 1.29 is 4.42 Å². The Morgan fingerprint density at radius 3 is 2.68 bits per heavy atom. The second-order valence-electron chi connectivity index (χ2n) is 6.03. The molecule has 19 heavy (non-hydrogen) atoms. The van der Waals surface area contributed by atoms with Crippen LogP contribution in [0.1, 0.15) is 64.1 Å². The van der Waals surface area contributed by atoms with Crippen LogP contribution < -0.4 is 5.32 Å². The average molecular weight is 263 g/mol. The van der Waals surface area contributed by atoms with E-state index >= 15 is 0 Å². The molecule has 1 aromatic rings. The summed E-state index contributed by atoms with van der Waals surface area (Å²) in [5.41, 5.74) is 0. The lowest BCUT2D eigenvalue weighted by molar-refractivity contribution is 0.336. The first kappa shape index (κ1) is 14.6. The van der Waals surface area contributed by atoms with Crippen molar-refractivity contribution in [2.24, 2.45) is 5.92 Å². The van der Waals surface area contributed by atoms with Gasteiger partial charge in [-0.1, -0.05) is 45.4 Å². The Morgan fingerprint density at radius 1 is 1.26 bits per heavy atom. The van der Waals surface area contributed by atoms with E-state index in [0.717, 1.165) is 24.6 Å². The van der Waals surface area contributed by atoms with Crippen molar-refractivity contribution in [3.8, 4) is 0 Å². The molecule has 0 amide bonds. The first-order valence-corrected chi connectivity index (χ1v) is 8.14. The van der Waals surface area contributed by atoms with Crippen LogP contribution in [0.3, 0.4) is 0 Å². The van der Waals surface area contributed by atoms with Crippen LogP contribution in [0.5, 0.6) is 0 Å². The Kier molecular flexibility index (Phi) is 6.49. The summed E-state index contributed by atoms with van der Waals surface area (Å²) in [6.45, 7) is 3.36. The highest BCUT2D eigenvalue weighted by molar-refractivity contribution is 5.00. The maximum Gasteiger partial charge on any atom is 0.105 e. The molecule has 0 aliphatic heterocycles. The van der Waals surface area contributed by atoms with Gasteiger partial charge in [-0.15, -0.1) is 0 Å². The van der Waals surface area contributed by atoms with Crippen LogP contribution in [0.25, 0.3) is 0 Å². The van der Waals surface area contributed by atoms with Crippen molar-refractivity contribution in [3.05, 3.63) is 24.2 Å². The number of rotatable bonds is 7. The third-order valence-corrected chi connectivity index (χ3v) is 4.30. The SMILES string of the molecule is CCCNC(Cc1ccco1)CC1CCCCCC1. The monoisotopic (exact) mass is 263 g/mol. The van der Waals surface area contributed by atoms with Crippen molar-refractivity contribution >= 4 is 0 Å². The van der Waals surface area contributed by atoms with Gasteiger partial charge in [0.05, 0.1) is 6.26 Å². The summed E-state index contributed by atoms with van der Waals surface area (Å²) >= 11 is 0. The normalized spacial score (nSPS) is 19.2. The minimum absolute atomic E-state index is 0.592. The Morgan fingerprint density at radius 2 is 2.05 bits per heavy atom. The zero-order valence-electron chi connectivity index (χ0n) is 12.4. The summed E-state index contributed by atoms with van der Waals surface area (Å²) in [5, 5.41) is 3.72. The molecule has 2 rings (SSSR count). The summed E-state index contributed by atoms with van der Waals surface area (Å²) in [5.74, 6) is 2.05. The molecule has 0 bridgehead atoms. The molecule has 1 aliphatic carbocycles. The zero-order chi connectivity index (χ0) is 13.3. The summed E-state index contributed by atoms with van der Waals surface area (Å²) in [7, 11) is 0. The summed E-state index contributed by atoms with van der Waals surface area (Å²) in [6.07, 6.45) is 14.0. The third kappa shape index (κ3) is 5.40. The van der Waals surface area contributed by atoms with E-state index in [-0.39, 0.29) is 0 Å². The van der Waals surface area contributed by atoms with Gasteiger partial charge in [-0.2, -0.15) is 0 Å². The van der Waals surface area contributed by atoms with E-state index in [1.54, 1.807) is 6.26 Å². The summed E-state index contributed by atoms with van der Waals surface area (Å²) in [4.78, 5) is 0. The van der Waals surface area contributed by atoms with Crippen LogP contribution in [0.15, 0.2) is 22.8 Å². The van der Waals surface area contributed by atoms with Crippen molar-refractivity contribution in [2.45, 2.75) is 70.8 Å². The molecule has 2 nitrogen and oxygen atoms in total. The molecule has 1 atom stereocenters. The molecule has 0 spiro atoms. The van der Waals surface area contributed by atoms with E-state index in [0.29, 0.717) is 6.04 Å². The van der Waals surface area contributed by atoms with E-state index in [2.05, 4.69) is 18.3 Å². The molecular weight excluding hydrogens is 234 g/mol. The van der Waals surface area contributed by atoms with Crippen LogP contribution in [0, 0.1) is 5.92 Å². The minimum atomic E-state index is 0.592. The number of nitrogens with one attached hydrogen (secondary N) is 1. The van der Waals surface area contributed by atoms with Crippen LogP contribution in [0.2, 0.25) is 0 Å². The van der Waals surface area contributed by atoms with Crippen LogP contribution in [0.4, 0.5) is 0 Å². The minimum Gasteiger partial charge on any atom is -0.469 e. The van der Waals surface area contributed by atoms with E-state index in [9.17, 15) is 0 Å². The molecule has 108 valence electrons. The van der Waals surface area contributed by atoms with Gasteiger partial charge in [0.15, 0.2) is 0 Å². The first-order valence-electron chi connectivity index (χ1n) is 8.14. The standard InChI is InChI=1S/C17H29NO/c1-2-11-18-16(14-17-10-7-12-19-17)13-15-8-5-3-4-6-9-15/h7,10,12,15-16,18H,2-6,8-9,11,13-14H2,1H3. The molecular formula is C17H29NO. The molecule has 1 fully saturated rings. The Bertz CT molecular complexity index is 312. The molecule has 1 aliphatic rings. The predicted octanol–water partition coefficient (Wildman–Crippen LogP) is 4.55. The van der Waals surface area contributed by atoms with Crippen LogP contribution in [-0.4, -0.2) is 12.6 Å². The summed E-state index contributed by atoms with van der Waals surface area (Å²) in [6, 6.07) is 4.69. The Labute approximate surface area is 118 Å². The van der Waals surface area contributed by atoms with Gasteiger partial charge in [0.25, 0.3) is 0 Å². The molecule has 1 heterocycles. The lowest BCUT2D eigenvalue weighted by atomic mass is 9.91. The Hall–Kier alpha value is -0.760. The second kappa shape index (κ2) is 8.42. The van der Waals surface area contributed by atoms with Crippen molar-refractivity contribution in [3.63, 3.8) is 0 Å². The molecule has 0 aromatic carbocycles. The fourth-order valence-corrected chi connectivity index (χ4v) is 3.26. The highest BCUT2D eigenvalue weighted by Crippen LogP contribution is 2.27. The first-order chi connectivity index (χ1) is 9.38. The molecule has 1 saturated carbocycles. The van der Waals surface area contributed by atoms with Crippen molar-refractivity contribution in [1.82, 2.24) is 5.32 Å². The van der Waals surface area contributed by atoms with Gasteiger partial charge >= 0.3 is 0 Å². The molecule has 0 saturated heterocycles. The number of hydrogen-bond donors (Lipinski definition) is 1. The third-order valence-electron chi connectivity index (χ3n) is 4.30. The fraction of sp³-hybridized carbons (Fsp3) is 0.765. The summed E-state index contributed by atoms with van der Waals surface area (Å²) < 4.78 is 5.52. The van der Waals surface area contributed by atoms with Gasteiger partial charge in [0.2, 0.25) is 0 Å². The van der Waals surface area contributed by atoms with Crippen molar-refractivity contribution in [2.75, 3.05) is 6.54 Å². The fourth-order valence-electron chi connectivity index (χ4n) is 3.26. The maximum atomic E-state index is 5.52. The van der Waals surface area contributed by atoms with Gasteiger partial charge in [0.1, 0.15) is 5.76 Å². The molecule has 0 radical (unpaired) electrons. The lowest BCUT2D eigenvalue weighted by Crippen LogP contribution is -2.33. The van der Waals surface area contributed by atoms with Gasteiger partial charge in [0, 0.05) is 12.5 Å². The zero-order valence-corrected chi connectivity index (χ0v) is 12.4. The highest BCUT2D eigenvalue weighted by atomic mass is 16.3. The Balaban J connectivity index is 1.84. The van der Waals surface area contributed by atoms with E-state index in [1.165, 1.54) is 51.4 Å². The topological polar surface area (TPSA) is 25.2 Å². The quantitative estimate of drug-likeness (QED) is 0.730. The number of hydrogen-bond acceptors (Lipinski definition) is 2. The van der Waals surface area contributed by atoms with Gasteiger partial charge in [-0.05, 0) is 37.4 Å². The van der Waals surface area contributed by atoms with Crippen molar-refractivity contribution in [1.29, 1.82) is 0 Å². The second-order valence-corrected chi connectivity index (χ2v) is 6.03. The van der Waals surface area contributed by atoms with E-state index < -0.39 is 0 Å². The maximum absolute atomic E-state index is 5.52. The van der Waals surface area contributed by atoms with Gasteiger partial charge < -0.3 is 9.73 Å². The largest absolute Gasteiger partial charge is 0.469 e. The molecule has 1 aromatic heterocycles. The van der Waals surface area contributed by atoms with Crippen LogP contribution >= 0.6 is 0 Å². The van der Waals surface area contributed by atoms with Crippen LogP contribution in [-0.2, 0) is 6.42 Å². The molecule has 1 unspecified atom stereocenters. The highest BCUT2D eigenvalue weighted by Gasteiger charge is 2.18. The number of furan rings is 1. The smallest absolute Gasteiger partial charge is 0.105 e. The lowest BCUT2D eigenvalue weighted by Gasteiger charge is -2.23. The predicted molar refractivity (Wildman–Crippen MR) is 80.3 cm³/mol. The molecule has 2 heteroatoms. The average Bonchev–Trinajstić information content (AvgIpc) is 2.79. The van der Waals surface area contributed by atoms with Gasteiger partial charge in [-0.3, -0.25) is 0 Å². The molecule has 1 N–H and O–H groups in total. The van der Waals surface area contributed by atoms with E-state index in [1.807, 2.05) is 6.07 Å². The van der Waals surface area contributed by atoms with E-state index in [4.69, 9.17) is 4.42 Å². The van der Waals surface area contributed by atoms with Gasteiger partial charge in [-0.25, -0.2) is 0 Å².